The zero-order valence-electron chi connectivity index (χ0n) is 11.8. The summed E-state index contributed by atoms with van der Waals surface area (Å²) in [6.07, 6.45) is 4.35. The van der Waals surface area contributed by atoms with Crippen molar-refractivity contribution in [1.82, 2.24) is 4.98 Å². The summed E-state index contributed by atoms with van der Waals surface area (Å²) in [7, 11) is 0. The van der Waals surface area contributed by atoms with Gasteiger partial charge in [0.25, 0.3) is 0 Å². The topological polar surface area (TPSA) is 70.4 Å². The standard InChI is InChI=1S/C9H7NO.C9H8O2/c11-8-5-1-3-7-4-2-6-10-9(7)8;10-9(11)7-6-8-4-2-1-3-5-8/h1-6,11H;1-7H,(H,10,11)/b;7-6+. The van der Waals surface area contributed by atoms with Crippen LogP contribution < -0.4 is 0 Å². The van der Waals surface area contributed by atoms with Crippen LogP contribution in [0.5, 0.6) is 5.75 Å². The van der Waals surface area contributed by atoms with E-state index in [9.17, 15) is 9.90 Å². The average molecular weight is 293 g/mol. The Hall–Kier alpha value is -3.14. The number of aromatic nitrogens is 1. The van der Waals surface area contributed by atoms with Gasteiger partial charge in [0, 0.05) is 17.7 Å². The molecule has 0 aliphatic rings. The minimum atomic E-state index is -0.922. The molecule has 0 spiro atoms. The molecule has 2 N–H and O–H groups in total. The van der Waals surface area contributed by atoms with E-state index in [2.05, 4.69) is 4.98 Å². The van der Waals surface area contributed by atoms with Crippen LogP contribution in [0.2, 0.25) is 0 Å². The maximum atomic E-state index is 10.1. The third-order valence-corrected chi connectivity index (χ3v) is 2.83. The monoisotopic (exact) mass is 293 g/mol. The number of carboxylic acid groups (broad SMARTS) is 1. The van der Waals surface area contributed by atoms with Gasteiger partial charge in [-0.3, -0.25) is 4.98 Å². The number of benzene rings is 2. The summed E-state index contributed by atoms with van der Waals surface area (Å²) in [5, 5.41) is 18.6. The van der Waals surface area contributed by atoms with Crippen LogP contribution in [0.15, 0.2) is 72.9 Å². The predicted molar refractivity (Wildman–Crippen MR) is 86.5 cm³/mol. The fourth-order valence-corrected chi connectivity index (χ4v) is 1.82. The van der Waals surface area contributed by atoms with Crippen molar-refractivity contribution in [3.63, 3.8) is 0 Å². The molecule has 3 rings (SSSR count). The summed E-state index contributed by atoms with van der Waals surface area (Å²) in [6, 6.07) is 18.4. The molecule has 0 bridgehead atoms. The van der Waals surface area contributed by atoms with Crippen LogP contribution >= 0.6 is 0 Å². The molecular weight excluding hydrogens is 278 g/mol. The maximum absolute atomic E-state index is 10.1. The number of carboxylic acids is 1. The number of phenols is 1. The second kappa shape index (κ2) is 7.59. The molecule has 0 aliphatic carbocycles. The first-order chi connectivity index (χ1) is 10.7. The average Bonchev–Trinajstić information content (AvgIpc) is 2.55. The van der Waals surface area contributed by atoms with Crippen LogP contribution in [0, 0.1) is 0 Å². The van der Waals surface area contributed by atoms with Crippen molar-refractivity contribution in [1.29, 1.82) is 0 Å². The van der Waals surface area contributed by atoms with E-state index in [1.165, 1.54) is 0 Å². The predicted octanol–water partition coefficient (Wildman–Crippen LogP) is 3.72. The third-order valence-electron chi connectivity index (χ3n) is 2.83. The van der Waals surface area contributed by atoms with Gasteiger partial charge in [-0.1, -0.05) is 48.5 Å². The van der Waals surface area contributed by atoms with Gasteiger partial charge in [0.05, 0.1) is 0 Å². The van der Waals surface area contributed by atoms with E-state index >= 15 is 0 Å². The molecular formula is C18H15NO3. The van der Waals surface area contributed by atoms with Gasteiger partial charge in [0.2, 0.25) is 0 Å². The van der Waals surface area contributed by atoms with Gasteiger partial charge in [0.15, 0.2) is 0 Å². The zero-order chi connectivity index (χ0) is 15.8. The van der Waals surface area contributed by atoms with E-state index in [1.807, 2.05) is 48.5 Å². The van der Waals surface area contributed by atoms with Crippen molar-refractivity contribution in [2.24, 2.45) is 0 Å². The quantitative estimate of drug-likeness (QED) is 0.706. The number of carbonyl (C=O) groups is 1. The molecule has 0 amide bonds. The molecule has 0 unspecified atom stereocenters. The first-order valence-electron chi connectivity index (χ1n) is 6.65. The Balaban J connectivity index is 0.000000160. The highest BCUT2D eigenvalue weighted by atomic mass is 16.4. The number of aromatic hydroxyl groups is 1. The van der Waals surface area contributed by atoms with Gasteiger partial charge in [-0.15, -0.1) is 0 Å². The van der Waals surface area contributed by atoms with Crippen LogP contribution in [-0.2, 0) is 4.79 Å². The van der Waals surface area contributed by atoms with E-state index in [0.717, 1.165) is 17.0 Å². The van der Waals surface area contributed by atoms with Crippen LogP contribution in [0.4, 0.5) is 0 Å². The normalized spacial score (nSPS) is 10.2. The summed E-state index contributed by atoms with van der Waals surface area (Å²) in [4.78, 5) is 14.1. The summed E-state index contributed by atoms with van der Waals surface area (Å²) in [5.74, 6) is -0.683. The summed E-state index contributed by atoms with van der Waals surface area (Å²) in [5.41, 5.74) is 1.56. The summed E-state index contributed by atoms with van der Waals surface area (Å²) >= 11 is 0. The molecule has 0 saturated carbocycles. The van der Waals surface area contributed by atoms with E-state index in [0.29, 0.717) is 5.52 Å². The van der Waals surface area contributed by atoms with E-state index in [4.69, 9.17) is 5.11 Å². The fourth-order valence-electron chi connectivity index (χ4n) is 1.82. The first-order valence-corrected chi connectivity index (χ1v) is 6.65. The number of fused-ring (bicyclic) bond motifs is 1. The molecule has 0 atom stereocenters. The molecule has 3 aromatic rings. The second-order valence-electron chi connectivity index (χ2n) is 4.43. The lowest BCUT2D eigenvalue weighted by molar-refractivity contribution is -0.131. The van der Waals surface area contributed by atoms with Gasteiger partial charge < -0.3 is 10.2 Å². The van der Waals surface area contributed by atoms with Crippen LogP contribution in [0.1, 0.15) is 5.56 Å². The zero-order valence-corrected chi connectivity index (χ0v) is 11.8. The molecule has 0 aliphatic heterocycles. The Morgan fingerprint density at radius 3 is 2.36 bits per heavy atom. The Kier molecular flexibility index (Phi) is 5.26. The van der Waals surface area contributed by atoms with Gasteiger partial charge in [-0.2, -0.15) is 0 Å². The number of aliphatic carboxylic acids is 1. The van der Waals surface area contributed by atoms with Crippen LogP contribution in [-0.4, -0.2) is 21.2 Å². The Bertz CT molecular complexity index is 777. The number of pyridine rings is 1. The Morgan fingerprint density at radius 1 is 0.955 bits per heavy atom. The fraction of sp³-hybridized carbons (Fsp3) is 0. The molecule has 0 saturated heterocycles. The van der Waals surface area contributed by atoms with Gasteiger partial charge in [-0.25, -0.2) is 4.79 Å². The van der Waals surface area contributed by atoms with Crippen molar-refractivity contribution in [3.05, 3.63) is 78.5 Å². The van der Waals surface area contributed by atoms with E-state index in [1.54, 1.807) is 24.4 Å². The minimum Gasteiger partial charge on any atom is -0.506 e. The largest absolute Gasteiger partial charge is 0.506 e. The lowest BCUT2D eigenvalue weighted by Crippen LogP contribution is -1.85. The number of nitrogens with zero attached hydrogens (tertiary/aromatic N) is 1. The highest BCUT2D eigenvalue weighted by Gasteiger charge is 1.96. The number of rotatable bonds is 2. The van der Waals surface area contributed by atoms with Gasteiger partial charge >= 0.3 is 5.97 Å². The first kappa shape index (κ1) is 15.3. The summed E-state index contributed by atoms with van der Waals surface area (Å²) in [6.45, 7) is 0. The Labute approximate surface area is 128 Å². The molecule has 0 fully saturated rings. The molecule has 4 nitrogen and oxygen atoms in total. The van der Waals surface area contributed by atoms with Crippen molar-refractivity contribution >= 4 is 22.9 Å². The lowest BCUT2D eigenvalue weighted by atomic mass is 10.2. The van der Waals surface area contributed by atoms with Crippen molar-refractivity contribution in [2.45, 2.75) is 0 Å². The highest BCUT2D eigenvalue weighted by Crippen LogP contribution is 2.20. The smallest absolute Gasteiger partial charge is 0.328 e. The highest BCUT2D eigenvalue weighted by molar-refractivity contribution is 5.85. The second-order valence-corrected chi connectivity index (χ2v) is 4.43. The number of hydrogen-bond donors (Lipinski definition) is 2. The molecule has 4 heteroatoms. The number of hydrogen-bond acceptors (Lipinski definition) is 3. The SMILES string of the molecule is O=C(O)/C=C/c1ccccc1.Oc1cccc2cccnc12. The van der Waals surface area contributed by atoms with Crippen molar-refractivity contribution in [3.8, 4) is 5.75 Å². The molecule has 22 heavy (non-hydrogen) atoms. The van der Waals surface area contributed by atoms with Crippen molar-refractivity contribution < 1.29 is 15.0 Å². The van der Waals surface area contributed by atoms with Crippen LogP contribution in [0.25, 0.3) is 17.0 Å². The van der Waals surface area contributed by atoms with Crippen molar-refractivity contribution in [2.75, 3.05) is 0 Å². The maximum Gasteiger partial charge on any atom is 0.328 e. The molecule has 1 aromatic heterocycles. The molecule has 2 aromatic carbocycles. The summed E-state index contributed by atoms with van der Waals surface area (Å²) < 4.78 is 0. The van der Waals surface area contributed by atoms with Crippen LogP contribution in [0.3, 0.4) is 0 Å². The third kappa shape index (κ3) is 4.45. The van der Waals surface area contributed by atoms with E-state index in [-0.39, 0.29) is 5.75 Å². The molecule has 0 radical (unpaired) electrons. The minimum absolute atomic E-state index is 0.239. The van der Waals surface area contributed by atoms with Gasteiger partial charge in [-0.05, 0) is 23.8 Å². The Morgan fingerprint density at radius 2 is 1.68 bits per heavy atom. The van der Waals surface area contributed by atoms with E-state index < -0.39 is 5.97 Å². The molecule has 1 heterocycles. The molecule has 110 valence electrons. The number of phenolic OH excluding ortho intramolecular Hbond substituents is 1. The lowest BCUT2D eigenvalue weighted by Gasteiger charge is -1.96. The number of para-hydroxylation sites is 1. The van der Waals surface area contributed by atoms with Gasteiger partial charge in [0.1, 0.15) is 11.3 Å².